The molecule has 0 aromatic heterocycles. The van der Waals surface area contributed by atoms with Crippen LogP contribution in [0, 0.1) is 0 Å². The van der Waals surface area contributed by atoms with Gasteiger partial charge >= 0.3 is 21.6 Å². The number of fused-ring (bicyclic) bond motifs is 1. The monoisotopic (exact) mass is 334 g/mol. The fourth-order valence-corrected chi connectivity index (χ4v) is 2.27. The Hall–Kier alpha value is -2.29. The van der Waals surface area contributed by atoms with Crippen LogP contribution in [0.1, 0.15) is 10.4 Å². The van der Waals surface area contributed by atoms with Gasteiger partial charge in [-0.2, -0.15) is 21.6 Å². The van der Waals surface area contributed by atoms with E-state index >= 15 is 0 Å². The third-order valence-corrected chi connectivity index (χ3v) is 3.73. The van der Waals surface area contributed by atoms with Crippen LogP contribution in [0.2, 0.25) is 0 Å². The molecule has 0 amide bonds. The first-order chi connectivity index (χ1) is 10.2. The highest BCUT2D eigenvalue weighted by molar-refractivity contribution is 7.88. The van der Waals surface area contributed by atoms with Crippen LogP contribution in [0.15, 0.2) is 36.4 Å². The van der Waals surface area contributed by atoms with E-state index in [1.54, 1.807) is 12.1 Å². The SMILES string of the molecule is COC(=O)c1c(OS(=O)(=O)C(F)(F)F)ccc2ccccc12. The molecule has 0 aliphatic rings. The van der Waals surface area contributed by atoms with Gasteiger partial charge in [-0.3, -0.25) is 0 Å². The van der Waals surface area contributed by atoms with Crippen LogP contribution in [0.4, 0.5) is 13.2 Å². The fourth-order valence-electron chi connectivity index (χ4n) is 1.80. The van der Waals surface area contributed by atoms with Crippen molar-refractivity contribution in [2.45, 2.75) is 5.51 Å². The number of methoxy groups -OCH3 is 1. The van der Waals surface area contributed by atoms with Gasteiger partial charge in [0, 0.05) is 5.39 Å². The van der Waals surface area contributed by atoms with Crippen molar-refractivity contribution in [1.82, 2.24) is 0 Å². The lowest BCUT2D eigenvalue weighted by atomic mass is 10.0. The summed E-state index contributed by atoms with van der Waals surface area (Å²) in [5.41, 5.74) is -6.00. The van der Waals surface area contributed by atoms with Gasteiger partial charge in [0.2, 0.25) is 0 Å². The van der Waals surface area contributed by atoms with Gasteiger partial charge in [0.05, 0.1) is 7.11 Å². The topological polar surface area (TPSA) is 69.7 Å². The Balaban J connectivity index is 2.67. The van der Waals surface area contributed by atoms with Crippen molar-refractivity contribution in [3.05, 3.63) is 42.0 Å². The van der Waals surface area contributed by atoms with Crippen LogP contribution in [0.5, 0.6) is 5.75 Å². The Morgan fingerprint density at radius 1 is 1.09 bits per heavy atom. The van der Waals surface area contributed by atoms with Gasteiger partial charge in [-0.25, -0.2) is 4.79 Å². The van der Waals surface area contributed by atoms with E-state index in [0.29, 0.717) is 5.39 Å². The minimum atomic E-state index is -5.89. The summed E-state index contributed by atoms with van der Waals surface area (Å²) in [6.45, 7) is 0. The molecule has 0 spiro atoms. The second-order valence-corrected chi connectivity index (χ2v) is 5.67. The van der Waals surface area contributed by atoms with E-state index in [9.17, 15) is 26.4 Å². The predicted molar refractivity (Wildman–Crippen MR) is 70.9 cm³/mol. The Bertz CT molecular complexity index is 827. The maximum Gasteiger partial charge on any atom is 0.534 e. The molecule has 0 saturated carbocycles. The molecule has 2 aromatic rings. The molecule has 0 aliphatic heterocycles. The standard InChI is InChI=1S/C13H9F3O5S/c1-20-12(17)11-9-5-3-2-4-8(9)6-7-10(11)21-22(18,19)13(14,15)16/h2-7H,1H3. The summed E-state index contributed by atoms with van der Waals surface area (Å²) in [7, 11) is -4.87. The lowest BCUT2D eigenvalue weighted by Crippen LogP contribution is -2.28. The maximum atomic E-state index is 12.4. The van der Waals surface area contributed by atoms with Crippen molar-refractivity contribution in [2.75, 3.05) is 7.11 Å². The third kappa shape index (κ3) is 2.84. The van der Waals surface area contributed by atoms with Gasteiger partial charge in [-0.15, -0.1) is 0 Å². The van der Waals surface area contributed by atoms with E-state index in [0.717, 1.165) is 13.2 Å². The Morgan fingerprint density at radius 2 is 1.73 bits per heavy atom. The lowest BCUT2D eigenvalue weighted by Gasteiger charge is -2.13. The molecule has 5 nitrogen and oxygen atoms in total. The van der Waals surface area contributed by atoms with Crippen molar-refractivity contribution in [3.63, 3.8) is 0 Å². The molecule has 2 rings (SSSR count). The van der Waals surface area contributed by atoms with Crippen molar-refractivity contribution >= 4 is 26.9 Å². The van der Waals surface area contributed by atoms with Crippen LogP contribution in [-0.2, 0) is 14.9 Å². The van der Waals surface area contributed by atoms with E-state index in [1.807, 2.05) is 0 Å². The van der Waals surface area contributed by atoms with Crippen molar-refractivity contribution in [2.24, 2.45) is 0 Å². The lowest BCUT2D eigenvalue weighted by molar-refractivity contribution is -0.0500. The van der Waals surface area contributed by atoms with Crippen LogP contribution in [0.25, 0.3) is 10.8 Å². The molecular weight excluding hydrogens is 325 g/mol. The van der Waals surface area contributed by atoms with Crippen LogP contribution in [-0.4, -0.2) is 27.0 Å². The molecule has 0 saturated heterocycles. The molecule has 0 atom stereocenters. The molecule has 0 fully saturated rings. The number of rotatable bonds is 3. The van der Waals surface area contributed by atoms with E-state index in [4.69, 9.17) is 0 Å². The third-order valence-electron chi connectivity index (χ3n) is 2.76. The number of hydrogen-bond donors (Lipinski definition) is 0. The van der Waals surface area contributed by atoms with Gasteiger partial charge < -0.3 is 8.92 Å². The zero-order valence-electron chi connectivity index (χ0n) is 11.0. The first kappa shape index (κ1) is 16.1. The van der Waals surface area contributed by atoms with Crippen molar-refractivity contribution in [3.8, 4) is 5.75 Å². The van der Waals surface area contributed by atoms with E-state index < -0.39 is 32.9 Å². The van der Waals surface area contributed by atoms with Crippen LogP contribution >= 0.6 is 0 Å². The van der Waals surface area contributed by atoms with Gasteiger partial charge in [0.15, 0.2) is 5.75 Å². The Labute approximate surface area is 123 Å². The summed E-state index contributed by atoms with van der Waals surface area (Å²) >= 11 is 0. The van der Waals surface area contributed by atoms with Gasteiger partial charge in [0.1, 0.15) is 5.56 Å². The summed E-state index contributed by atoms with van der Waals surface area (Å²) in [5.74, 6) is -1.76. The number of esters is 1. The highest BCUT2D eigenvalue weighted by atomic mass is 32.2. The van der Waals surface area contributed by atoms with Gasteiger partial charge in [-0.1, -0.05) is 30.3 Å². The summed E-state index contributed by atoms with van der Waals surface area (Å²) in [4.78, 5) is 11.8. The number of hydrogen-bond acceptors (Lipinski definition) is 5. The Morgan fingerprint density at radius 3 is 2.32 bits per heavy atom. The number of carbonyl (C=O) groups excluding carboxylic acids is 1. The maximum absolute atomic E-state index is 12.4. The molecule has 0 unspecified atom stereocenters. The minimum absolute atomic E-state index is 0.212. The molecule has 0 aliphatic carbocycles. The van der Waals surface area contributed by atoms with Gasteiger partial charge in [0.25, 0.3) is 0 Å². The summed E-state index contributed by atoms with van der Waals surface area (Å²) in [5, 5.41) is 0.726. The molecule has 0 bridgehead atoms. The largest absolute Gasteiger partial charge is 0.534 e. The summed E-state index contributed by atoms with van der Waals surface area (Å²) < 4.78 is 68.1. The molecule has 0 N–H and O–H groups in total. The number of benzene rings is 2. The smallest absolute Gasteiger partial charge is 0.465 e. The molecular formula is C13H9F3O5S. The average Bonchev–Trinajstić information content (AvgIpc) is 2.44. The first-order valence-corrected chi connectivity index (χ1v) is 7.19. The minimum Gasteiger partial charge on any atom is -0.465 e. The Kier molecular flexibility index (Phi) is 4.01. The van der Waals surface area contributed by atoms with Crippen molar-refractivity contribution in [1.29, 1.82) is 0 Å². The zero-order valence-corrected chi connectivity index (χ0v) is 11.9. The van der Waals surface area contributed by atoms with Crippen molar-refractivity contribution < 1.29 is 35.3 Å². The zero-order chi connectivity index (χ0) is 16.5. The van der Waals surface area contributed by atoms with E-state index in [1.165, 1.54) is 18.2 Å². The number of halogens is 3. The molecule has 0 heterocycles. The number of carbonyl (C=O) groups is 1. The molecule has 118 valence electrons. The molecule has 9 heteroatoms. The number of alkyl halides is 3. The molecule has 22 heavy (non-hydrogen) atoms. The molecule has 2 aromatic carbocycles. The molecule has 0 radical (unpaired) electrons. The average molecular weight is 334 g/mol. The summed E-state index contributed by atoms with van der Waals surface area (Å²) in [6, 6.07) is 8.53. The van der Waals surface area contributed by atoms with Crippen LogP contribution in [0.3, 0.4) is 0 Å². The highest BCUT2D eigenvalue weighted by Crippen LogP contribution is 2.33. The first-order valence-electron chi connectivity index (χ1n) is 5.78. The second-order valence-electron chi connectivity index (χ2n) is 4.13. The summed E-state index contributed by atoms with van der Waals surface area (Å²) in [6.07, 6.45) is 0. The van der Waals surface area contributed by atoms with Gasteiger partial charge in [-0.05, 0) is 11.5 Å². The normalized spacial score (nSPS) is 12.2. The quantitative estimate of drug-likeness (QED) is 0.490. The fraction of sp³-hybridized carbons (Fsp3) is 0.154. The van der Waals surface area contributed by atoms with E-state index in [2.05, 4.69) is 8.92 Å². The van der Waals surface area contributed by atoms with Crippen LogP contribution < -0.4 is 4.18 Å². The highest BCUT2D eigenvalue weighted by Gasteiger charge is 2.49. The van der Waals surface area contributed by atoms with E-state index in [-0.39, 0.29) is 5.39 Å². The second kappa shape index (κ2) is 5.48. The number of ether oxygens (including phenoxy) is 1. The predicted octanol–water partition coefficient (Wildman–Crippen LogP) is 2.85.